The Bertz CT molecular complexity index is 310. The van der Waals surface area contributed by atoms with Gasteiger partial charge in [-0.15, -0.1) is 0 Å². The van der Waals surface area contributed by atoms with Crippen molar-refractivity contribution < 1.29 is 5.11 Å². The van der Waals surface area contributed by atoms with Crippen LogP contribution in [0.1, 0.15) is 26.2 Å². The normalized spacial score (nSPS) is 19.6. The lowest BCUT2D eigenvalue weighted by Gasteiger charge is -2.33. The molecule has 0 bridgehead atoms. The molecule has 1 aromatic rings. The molecule has 0 aliphatic heterocycles. The third-order valence-electron chi connectivity index (χ3n) is 3.28. The first-order valence-corrected chi connectivity index (χ1v) is 5.99. The van der Waals surface area contributed by atoms with E-state index in [2.05, 4.69) is 22.3 Å². The van der Waals surface area contributed by atoms with Gasteiger partial charge in [0.15, 0.2) is 0 Å². The van der Waals surface area contributed by atoms with Crippen molar-refractivity contribution in [3.05, 3.63) is 12.7 Å². The second-order valence-electron chi connectivity index (χ2n) is 4.61. The molecular formula is C11H20N4O. The van der Waals surface area contributed by atoms with Crippen molar-refractivity contribution >= 4 is 0 Å². The molecule has 1 aromatic heterocycles. The molecule has 5 nitrogen and oxygen atoms in total. The van der Waals surface area contributed by atoms with Crippen molar-refractivity contribution in [1.29, 1.82) is 0 Å². The van der Waals surface area contributed by atoms with E-state index < -0.39 is 0 Å². The highest BCUT2D eigenvalue weighted by molar-refractivity contribution is 5.00. The van der Waals surface area contributed by atoms with E-state index in [0.717, 1.165) is 13.0 Å². The van der Waals surface area contributed by atoms with Gasteiger partial charge in [0.2, 0.25) is 0 Å². The monoisotopic (exact) mass is 224 g/mol. The Hall–Kier alpha value is -0.940. The van der Waals surface area contributed by atoms with Gasteiger partial charge in [0.05, 0.1) is 18.7 Å². The summed E-state index contributed by atoms with van der Waals surface area (Å²) in [5.74, 6) is 0.577. The summed E-state index contributed by atoms with van der Waals surface area (Å²) in [6.45, 7) is 3.94. The standard InChI is InChI=1S/C11H20N4O/c1-2-5-13-11(7-16,10-3-4-10)6-15-9-12-8-14-15/h8-10,13,16H,2-7H2,1H3. The first kappa shape index (κ1) is 11.5. The summed E-state index contributed by atoms with van der Waals surface area (Å²) in [5, 5.41) is 17.3. The van der Waals surface area contributed by atoms with Crippen LogP contribution in [0.5, 0.6) is 0 Å². The Morgan fingerprint density at radius 1 is 1.56 bits per heavy atom. The maximum atomic E-state index is 9.69. The molecule has 1 heterocycles. The van der Waals surface area contributed by atoms with Gasteiger partial charge in [0.25, 0.3) is 0 Å². The zero-order valence-electron chi connectivity index (χ0n) is 9.76. The fraction of sp³-hybridized carbons (Fsp3) is 0.818. The van der Waals surface area contributed by atoms with Gasteiger partial charge in [-0.3, -0.25) is 4.68 Å². The zero-order chi connectivity index (χ0) is 11.4. The number of nitrogens with one attached hydrogen (secondary N) is 1. The minimum absolute atomic E-state index is 0.164. The van der Waals surface area contributed by atoms with Gasteiger partial charge in [-0.2, -0.15) is 5.10 Å². The van der Waals surface area contributed by atoms with Crippen LogP contribution in [0.3, 0.4) is 0 Å². The van der Waals surface area contributed by atoms with Crippen LogP contribution < -0.4 is 5.32 Å². The van der Waals surface area contributed by atoms with Crippen molar-refractivity contribution in [1.82, 2.24) is 20.1 Å². The molecule has 2 N–H and O–H groups in total. The molecule has 5 heteroatoms. The van der Waals surface area contributed by atoms with Gasteiger partial charge in [-0.05, 0) is 31.7 Å². The molecule has 1 saturated carbocycles. The lowest BCUT2D eigenvalue weighted by atomic mass is 9.94. The molecule has 1 fully saturated rings. The number of nitrogens with zero attached hydrogens (tertiary/aromatic N) is 3. The highest BCUT2D eigenvalue weighted by atomic mass is 16.3. The lowest BCUT2D eigenvalue weighted by Crippen LogP contribution is -2.54. The second-order valence-corrected chi connectivity index (χ2v) is 4.61. The molecular weight excluding hydrogens is 204 g/mol. The average Bonchev–Trinajstić information content (AvgIpc) is 3.05. The molecule has 0 radical (unpaired) electrons. The van der Waals surface area contributed by atoms with Crippen LogP contribution in [0.15, 0.2) is 12.7 Å². The van der Waals surface area contributed by atoms with E-state index in [1.165, 1.54) is 19.2 Å². The Morgan fingerprint density at radius 3 is 2.88 bits per heavy atom. The molecule has 1 unspecified atom stereocenters. The summed E-state index contributed by atoms with van der Waals surface area (Å²) in [5.41, 5.74) is -0.205. The van der Waals surface area contributed by atoms with Crippen molar-refractivity contribution in [3.8, 4) is 0 Å². The zero-order valence-corrected chi connectivity index (χ0v) is 9.76. The highest BCUT2D eigenvalue weighted by Crippen LogP contribution is 2.40. The third kappa shape index (κ3) is 2.41. The summed E-state index contributed by atoms with van der Waals surface area (Å²) < 4.78 is 1.80. The number of aliphatic hydroxyl groups is 1. The second kappa shape index (κ2) is 4.93. The molecule has 1 aliphatic carbocycles. The number of aromatic nitrogens is 3. The van der Waals surface area contributed by atoms with E-state index in [1.807, 2.05) is 0 Å². The Kier molecular flexibility index (Phi) is 3.56. The minimum atomic E-state index is -0.205. The third-order valence-corrected chi connectivity index (χ3v) is 3.28. The smallest absolute Gasteiger partial charge is 0.137 e. The molecule has 0 amide bonds. The fourth-order valence-corrected chi connectivity index (χ4v) is 2.18. The summed E-state index contributed by atoms with van der Waals surface area (Å²) in [4.78, 5) is 3.94. The van der Waals surface area contributed by atoms with Crippen molar-refractivity contribution in [2.45, 2.75) is 38.3 Å². The van der Waals surface area contributed by atoms with Gasteiger partial charge in [-0.1, -0.05) is 6.92 Å². The van der Waals surface area contributed by atoms with Crippen molar-refractivity contribution in [2.75, 3.05) is 13.2 Å². The highest BCUT2D eigenvalue weighted by Gasteiger charge is 2.44. The molecule has 0 aromatic carbocycles. The summed E-state index contributed by atoms with van der Waals surface area (Å²) in [6.07, 6.45) is 6.72. The van der Waals surface area contributed by atoms with Gasteiger partial charge in [0, 0.05) is 0 Å². The summed E-state index contributed by atoms with van der Waals surface area (Å²) >= 11 is 0. The Balaban J connectivity index is 2.06. The maximum Gasteiger partial charge on any atom is 0.137 e. The molecule has 1 aliphatic rings. The lowest BCUT2D eigenvalue weighted by molar-refractivity contribution is 0.118. The number of rotatable bonds is 7. The van der Waals surface area contributed by atoms with Gasteiger partial charge in [0.1, 0.15) is 12.7 Å². The Labute approximate surface area is 95.9 Å². The molecule has 1 atom stereocenters. The molecule has 0 spiro atoms. The predicted molar refractivity (Wildman–Crippen MR) is 60.9 cm³/mol. The van der Waals surface area contributed by atoms with Crippen LogP contribution in [0.2, 0.25) is 0 Å². The topological polar surface area (TPSA) is 63.0 Å². The van der Waals surface area contributed by atoms with Gasteiger partial charge < -0.3 is 10.4 Å². The van der Waals surface area contributed by atoms with Crippen LogP contribution in [-0.4, -0.2) is 38.6 Å². The van der Waals surface area contributed by atoms with E-state index in [9.17, 15) is 5.11 Å². The average molecular weight is 224 g/mol. The number of hydrogen-bond acceptors (Lipinski definition) is 4. The first-order chi connectivity index (χ1) is 7.80. The van der Waals surface area contributed by atoms with Crippen LogP contribution in [0.4, 0.5) is 0 Å². The van der Waals surface area contributed by atoms with E-state index in [0.29, 0.717) is 12.5 Å². The van der Waals surface area contributed by atoms with E-state index >= 15 is 0 Å². The van der Waals surface area contributed by atoms with Gasteiger partial charge >= 0.3 is 0 Å². The minimum Gasteiger partial charge on any atom is -0.394 e. The molecule has 2 rings (SSSR count). The Morgan fingerprint density at radius 2 is 2.38 bits per heavy atom. The largest absolute Gasteiger partial charge is 0.394 e. The van der Waals surface area contributed by atoms with E-state index in [-0.39, 0.29) is 12.1 Å². The van der Waals surface area contributed by atoms with E-state index in [4.69, 9.17) is 0 Å². The van der Waals surface area contributed by atoms with Gasteiger partial charge in [-0.25, -0.2) is 4.98 Å². The van der Waals surface area contributed by atoms with Crippen LogP contribution in [0.25, 0.3) is 0 Å². The maximum absolute atomic E-state index is 9.69. The summed E-state index contributed by atoms with van der Waals surface area (Å²) in [6, 6.07) is 0. The molecule has 16 heavy (non-hydrogen) atoms. The van der Waals surface area contributed by atoms with Crippen LogP contribution in [0, 0.1) is 5.92 Å². The quantitative estimate of drug-likeness (QED) is 0.704. The van der Waals surface area contributed by atoms with Crippen molar-refractivity contribution in [2.24, 2.45) is 5.92 Å². The fourth-order valence-electron chi connectivity index (χ4n) is 2.18. The molecule has 90 valence electrons. The van der Waals surface area contributed by atoms with Crippen molar-refractivity contribution in [3.63, 3.8) is 0 Å². The number of hydrogen-bond donors (Lipinski definition) is 2. The van der Waals surface area contributed by atoms with Crippen LogP contribution >= 0.6 is 0 Å². The SMILES string of the molecule is CCCNC(CO)(Cn1cncn1)C1CC1. The number of aliphatic hydroxyl groups excluding tert-OH is 1. The summed E-state index contributed by atoms with van der Waals surface area (Å²) in [7, 11) is 0. The molecule has 0 saturated heterocycles. The van der Waals surface area contributed by atoms with E-state index in [1.54, 1.807) is 11.0 Å². The first-order valence-electron chi connectivity index (χ1n) is 5.99. The predicted octanol–water partition coefficient (Wildman–Crippen LogP) is 0.419. The van der Waals surface area contributed by atoms with Crippen LogP contribution in [-0.2, 0) is 6.54 Å².